The van der Waals surface area contributed by atoms with Crippen LogP contribution in [-0.4, -0.2) is 53.5 Å². The second-order valence-electron chi connectivity index (χ2n) is 11.6. The Morgan fingerprint density at radius 1 is 1.20 bits per heavy atom. The van der Waals surface area contributed by atoms with Gasteiger partial charge in [0.05, 0.1) is 11.5 Å². The van der Waals surface area contributed by atoms with Gasteiger partial charge in [0.15, 0.2) is 0 Å². The minimum absolute atomic E-state index is 0.143. The van der Waals surface area contributed by atoms with Gasteiger partial charge in [0, 0.05) is 52.5 Å². The zero-order chi connectivity index (χ0) is 32.4. The number of carboxylic acids is 1. The zero-order valence-electron chi connectivity index (χ0n) is 25.3. The van der Waals surface area contributed by atoms with E-state index in [9.17, 15) is 19.5 Å². The molecule has 0 aromatic heterocycles. The maximum Gasteiger partial charge on any atom is 0.335 e. The molecule has 2 fully saturated rings. The predicted octanol–water partition coefficient (Wildman–Crippen LogP) is 7.93. The lowest BCUT2D eigenvalue weighted by atomic mass is 9.80. The molecule has 1 aliphatic heterocycles. The zero-order valence-corrected chi connectivity index (χ0v) is 26.8. The van der Waals surface area contributed by atoms with Crippen molar-refractivity contribution in [1.29, 1.82) is 0 Å². The summed E-state index contributed by atoms with van der Waals surface area (Å²) in [5.41, 5.74) is 0.949. The highest BCUT2D eigenvalue weighted by molar-refractivity contribution is 6.31. The van der Waals surface area contributed by atoms with Gasteiger partial charge in [-0.15, -0.1) is 0 Å². The van der Waals surface area contributed by atoms with E-state index in [2.05, 4.69) is 16.8 Å². The van der Waals surface area contributed by atoms with E-state index >= 15 is 4.39 Å². The number of anilines is 2. The monoisotopic (exact) mass is 643 g/mol. The number of amides is 2. The van der Waals surface area contributed by atoms with Gasteiger partial charge in [-0.3, -0.25) is 14.5 Å². The normalized spacial score (nSPS) is 19.6. The topological polar surface area (TPSA) is 90.0 Å². The summed E-state index contributed by atoms with van der Waals surface area (Å²) < 4.78 is 15.7. The number of allylic oxidation sites excluding steroid dienone is 4. The number of aromatic carboxylic acids is 1. The number of carbonyl (C=O) groups is 3. The predicted molar refractivity (Wildman–Crippen MR) is 176 cm³/mol. The fourth-order valence-electron chi connectivity index (χ4n) is 5.51. The van der Waals surface area contributed by atoms with Crippen molar-refractivity contribution in [3.63, 3.8) is 0 Å². The molecule has 4 rings (SSSR count). The molecule has 0 bridgehead atoms. The highest BCUT2D eigenvalue weighted by Gasteiger charge is 2.53. The van der Waals surface area contributed by atoms with Crippen LogP contribution in [0, 0.1) is 17.8 Å². The number of carbonyl (C=O) groups excluding carboxylic acids is 2. The standard InChI is InChI=1S/C27H34ClFN2O3.C7H6ClNO/c1-5-15-31(21-13-11-20(12-14-21)26(33)34)25(32)22-17-30(16-19-9-10-19)27(3,4)24(22)23(29)8-6-7-18(2)28;8-6-2-1-3-7(4-6)9-5-10/h6-8,11-14,19,22,24H,2,5,9-10,15-17H2,1,3-4H3,(H,33,34);1-5H,(H,9,10)/b7-6-,23-8-;/t22-,24?;/m1./s1. The van der Waals surface area contributed by atoms with Crippen molar-refractivity contribution in [2.75, 3.05) is 29.9 Å². The molecule has 7 nitrogen and oxygen atoms in total. The first-order chi connectivity index (χ1) is 20.9. The summed E-state index contributed by atoms with van der Waals surface area (Å²) in [5, 5.41) is 12.6. The number of carboxylic acid groups (broad SMARTS) is 1. The van der Waals surface area contributed by atoms with E-state index in [0.717, 1.165) is 13.0 Å². The summed E-state index contributed by atoms with van der Waals surface area (Å²) in [5.74, 6) is -2.10. The Labute approximate surface area is 269 Å². The Kier molecular flexibility index (Phi) is 12.8. The van der Waals surface area contributed by atoms with E-state index in [-0.39, 0.29) is 17.3 Å². The fourth-order valence-corrected chi connectivity index (χ4v) is 5.77. The average molecular weight is 645 g/mol. The Bertz CT molecular complexity index is 1390. The summed E-state index contributed by atoms with van der Waals surface area (Å²) >= 11 is 11.4. The van der Waals surface area contributed by atoms with Crippen molar-refractivity contribution < 1.29 is 23.9 Å². The van der Waals surface area contributed by atoms with Gasteiger partial charge in [0.25, 0.3) is 0 Å². The highest BCUT2D eigenvalue weighted by Crippen LogP contribution is 2.46. The SMILES string of the molecule is C=C(Cl)/C=C\C=C(/F)C1[C@H](C(=O)N(CCC)c2ccc(C(=O)O)cc2)CN(CC2CC2)C1(C)C.O=CNc1cccc(Cl)c1. The molecule has 1 saturated carbocycles. The second kappa shape index (κ2) is 16.0. The average Bonchev–Trinajstić information content (AvgIpc) is 3.75. The van der Waals surface area contributed by atoms with Crippen LogP contribution in [0.1, 0.15) is 50.4 Å². The van der Waals surface area contributed by atoms with Crippen LogP contribution in [-0.2, 0) is 9.59 Å². The third kappa shape index (κ3) is 9.52. The van der Waals surface area contributed by atoms with Crippen molar-refractivity contribution >= 4 is 52.9 Å². The van der Waals surface area contributed by atoms with E-state index in [4.69, 9.17) is 23.2 Å². The van der Waals surface area contributed by atoms with Crippen molar-refractivity contribution in [3.8, 4) is 0 Å². The summed E-state index contributed by atoms with van der Waals surface area (Å²) in [6.45, 7) is 11.4. The van der Waals surface area contributed by atoms with Gasteiger partial charge in [0.1, 0.15) is 5.83 Å². The molecule has 10 heteroatoms. The summed E-state index contributed by atoms with van der Waals surface area (Å²) in [4.78, 5) is 39.0. The maximum absolute atomic E-state index is 15.7. The van der Waals surface area contributed by atoms with E-state index in [1.165, 1.54) is 43.2 Å². The minimum Gasteiger partial charge on any atom is -0.478 e. The smallest absolute Gasteiger partial charge is 0.335 e. The highest BCUT2D eigenvalue weighted by atomic mass is 35.5. The number of hydrogen-bond acceptors (Lipinski definition) is 4. The van der Waals surface area contributed by atoms with Crippen LogP contribution in [0.3, 0.4) is 0 Å². The van der Waals surface area contributed by atoms with Crippen molar-refractivity contribution in [2.45, 2.75) is 45.6 Å². The molecule has 1 saturated heterocycles. The molecule has 1 heterocycles. The third-order valence-electron chi connectivity index (χ3n) is 7.91. The number of benzene rings is 2. The van der Waals surface area contributed by atoms with Crippen molar-refractivity contribution in [2.24, 2.45) is 17.8 Å². The largest absolute Gasteiger partial charge is 0.478 e. The molecule has 236 valence electrons. The summed E-state index contributed by atoms with van der Waals surface area (Å²) in [7, 11) is 0. The molecule has 2 amide bonds. The number of nitrogens with one attached hydrogen (secondary N) is 1. The van der Waals surface area contributed by atoms with E-state index in [0.29, 0.717) is 46.8 Å². The molecular weight excluding hydrogens is 604 g/mol. The Morgan fingerprint density at radius 3 is 2.43 bits per heavy atom. The first-order valence-corrected chi connectivity index (χ1v) is 15.4. The Balaban J connectivity index is 0.000000448. The summed E-state index contributed by atoms with van der Waals surface area (Å²) in [6, 6.07) is 13.2. The van der Waals surface area contributed by atoms with Gasteiger partial charge in [-0.05, 0) is 93.6 Å². The molecular formula is C34H40Cl2FN3O4. The van der Waals surface area contributed by atoms with Gasteiger partial charge in [0.2, 0.25) is 12.3 Å². The van der Waals surface area contributed by atoms with Gasteiger partial charge in [-0.25, -0.2) is 9.18 Å². The number of rotatable bonds is 12. The molecule has 2 N–H and O–H groups in total. The van der Waals surface area contributed by atoms with Gasteiger partial charge in [-0.1, -0.05) is 48.8 Å². The molecule has 2 aromatic rings. The van der Waals surface area contributed by atoms with Crippen molar-refractivity contribution in [1.82, 2.24) is 4.90 Å². The molecule has 0 spiro atoms. The molecule has 44 heavy (non-hydrogen) atoms. The van der Waals surface area contributed by atoms with E-state index < -0.39 is 23.3 Å². The van der Waals surface area contributed by atoms with Crippen LogP contribution in [0.2, 0.25) is 5.02 Å². The van der Waals surface area contributed by atoms with Gasteiger partial charge in [-0.2, -0.15) is 0 Å². The number of halogens is 3. The van der Waals surface area contributed by atoms with Crippen LogP contribution in [0.5, 0.6) is 0 Å². The van der Waals surface area contributed by atoms with E-state index in [1.807, 2.05) is 20.8 Å². The Morgan fingerprint density at radius 2 is 1.89 bits per heavy atom. The molecule has 1 unspecified atom stereocenters. The summed E-state index contributed by atoms with van der Waals surface area (Å²) in [6.07, 6.45) is 8.12. The molecule has 0 radical (unpaired) electrons. The molecule has 2 atom stereocenters. The number of likely N-dealkylation sites (tertiary alicyclic amines) is 1. The maximum atomic E-state index is 15.7. The molecule has 2 aromatic carbocycles. The second-order valence-corrected chi connectivity index (χ2v) is 12.5. The number of hydrogen-bond donors (Lipinski definition) is 2. The van der Waals surface area contributed by atoms with Crippen LogP contribution in [0.25, 0.3) is 0 Å². The quantitative estimate of drug-likeness (QED) is 0.181. The van der Waals surface area contributed by atoms with Gasteiger partial charge < -0.3 is 15.3 Å². The van der Waals surface area contributed by atoms with Crippen LogP contribution < -0.4 is 10.2 Å². The van der Waals surface area contributed by atoms with Crippen LogP contribution in [0.15, 0.2) is 84.2 Å². The van der Waals surface area contributed by atoms with Gasteiger partial charge >= 0.3 is 5.97 Å². The van der Waals surface area contributed by atoms with Crippen molar-refractivity contribution in [3.05, 3.63) is 94.8 Å². The lowest BCUT2D eigenvalue weighted by Gasteiger charge is -2.36. The van der Waals surface area contributed by atoms with E-state index in [1.54, 1.807) is 41.3 Å². The lowest BCUT2D eigenvalue weighted by Crippen LogP contribution is -2.44. The Hall–Kier alpha value is -3.46. The number of nitrogens with zero attached hydrogens (tertiary/aromatic N) is 2. The lowest BCUT2D eigenvalue weighted by molar-refractivity contribution is -0.123. The first-order valence-electron chi connectivity index (χ1n) is 14.6. The minimum atomic E-state index is -1.02. The fraction of sp³-hybridized carbons (Fsp3) is 0.382. The molecule has 1 aliphatic carbocycles. The third-order valence-corrected chi connectivity index (χ3v) is 8.27. The van der Waals surface area contributed by atoms with Crippen LogP contribution in [0.4, 0.5) is 15.8 Å². The first kappa shape index (κ1) is 35.0. The molecule has 2 aliphatic rings. The van der Waals surface area contributed by atoms with Crippen LogP contribution >= 0.6 is 23.2 Å².